The van der Waals surface area contributed by atoms with Crippen LogP contribution in [0.15, 0.2) is 85.1 Å². The summed E-state index contributed by atoms with van der Waals surface area (Å²) in [5.74, 6) is -0.421. The summed E-state index contributed by atoms with van der Waals surface area (Å²) in [6, 6.07) is 0. The Morgan fingerprint density at radius 3 is 1.17 bits per heavy atom. The third-order valence-electron chi connectivity index (χ3n) is 11.9. The molecule has 66 heavy (non-hydrogen) atoms. The molecule has 380 valence electrons. The van der Waals surface area contributed by atoms with Crippen molar-refractivity contribution >= 4 is 11.9 Å². The molecule has 1 unspecified atom stereocenters. The fourth-order valence-corrected chi connectivity index (χ4v) is 7.71. The molecular formula is C61H106O5. The van der Waals surface area contributed by atoms with Crippen LogP contribution in [0.25, 0.3) is 0 Å². The quantitative estimate of drug-likeness (QED) is 0.0346. The second-order valence-electron chi connectivity index (χ2n) is 18.4. The van der Waals surface area contributed by atoms with Crippen LogP contribution in [0, 0.1) is 0 Å². The molecule has 0 spiro atoms. The van der Waals surface area contributed by atoms with Gasteiger partial charge in [0.2, 0.25) is 0 Å². The van der Waals surface area contributed by atoms with Gasteiger partial charge >= 0.3 is 11.9 Å². The molecule has 0 aliphatic carbocycles. The highest BCUT2D eigenvalue weighted by atomic mass is 16.6. The van der Waals surface area contributed by atoms with Gasteiger partial charge in [-0.25, -0.2) is 0 Å². The molecule has 0 fully saturated rings. The zero-order valence-electron chi connectivity index (χ0n) is 43.7. The minimum atomic E-state index is -0.555. The van der Waals surface area contributed by atoms with Crippen LogP contribution in [0.3, 0.4) is 0 Å². The van der Waals surface area contributed by atoms with E-state index in [-0.39, 0.29) is 25.2 Å². The highest BCUT2D eigenvalue weighted by Crippen LogP contribution is 2.14. The number of unbranched alkanes of at least 4 members (excludes halogenated alkanes) is 26. The van der Waals surface area contributed by atoms with Crippen LogP contribution < -0.4 is 0 Å². The summed E-state index contributed by atoms with van der Waals surface area (Å²) in [5, 5.41) is 0. The van der Waals surface area contributed by atoms with Crippen LogP contribution in [0.5, 0.6) is 0 Å². The maximum absolute atomic E-state index is 12.8. The summed E-state index contributed by atoms with van der Waals surface area (Å²) in [4.78, 5) is 25.5. The van der Waals surface area contributed by atoms with E-state index in [1.807, 2.05) is 0 Å². The van der Waals surface area contributed by atoms with Crippen molar-refractivity contribution in [2.24, 2.45) is 0 Å². The molecule has 1 atom stereocenters. The maximum atomic E-state index is 12.8. The molecule has 0 aliphatic rings. The molecule has 0 saturated heterocycles. The lowest BCUT2D eigenvalue weighted by Gasteiger charge is -2.18. The Labute approximate surface area is 409 Å². The zero-order chi connectivity index (χ0) is 47.7. The van der Waals surface area contributed by atoms with E-state index < -0.39 is 6.10 Å². The van der Waals surface area contributed by atoms with Crippen molar-refractivity contribution in [3.63, 3.8) is 0 Å². The Morgan fingerprint density at radius 2 is 0.712 bits per heavy atom. The molecule has 0 aromatic carbocycles. The second kappa shape index (κ2) is 56.4. The van der Waals surface area contributed by atoms with Crippen LogP contribution in [-0.2, 0) is 23.8 Å². The van der Waals surface area contributed by atoms with Gasteiger partial charge in [0.15, 0.2) is 6.10 Å². The number of allylic oxidation sites excluding steroid dienone is 14. The first-order valence-corrected chi connectivity index (χ1v) is 28.1. The zero-order valence-corrected chi connectivity index (χ0v) is 43.7. The van der Waals surface area contributed by atoms with Gasteiger partial charge in [0.25, 0.3) is 0 Å². The second-order valence-corrected chi connectivity index (χ2v) is 18.4. The van der Waals surface area contributed by atoms with Gasteiger partial charge in [-0.2, -0.15) is 0 Å². The van der Waals surface area contributed by atoms with Crippen molar-refractivity contribution in [1.29, 1.82) is 0 Å². The number of rotatable bonds is 51. The van der Waals surface area contributed by atoms with Gasteiger partial charge in [0.05, 0.1) is 6.61 Å². The molecule has 0 aromatic heterocycles. The van der Waals surface area contributed by atoms with Crippen LogP contribution in [-0.4, -0.2) is 37.9 Å². The molecule has 0 bridgehead atoms. The lowest BCUT2D eigenvalue weighted by atomic mass is 10.1. The molecule has 0 radical (unpaired) electrons. The molecule has 0 saturated carbocycles. The van der Waals surface area contributed by atoms with E-state index in [0.717, 1.165) is 96.3 Å². The first kappa shape index (κ1) is 63.1. The number of hydrogen-bond acceptors (Lipinski definition) is 5. The average Bonchev–Trinajstić information content (AvgIpc) is 3.32. The molecule has 0 aliphatic heterocycles. The molecule has 0 heterocycles. The Kier molecular flexibility index (Phi) is 53.9. The van der Waals surface area contributed by atoms with Gasteiger partial charge < -0.3 is 14.2 Å². The Morgan fingerprint density at radius 1 is 0.348 bits per heavy atom. The summed E-state index contributed by atoms with van der Waals surface area (Å²) in [6.07, 6.45) is 74.6. The fourth-order valence-electron chi connectivity index (χ4n) is 7.71. The Hall–Kier alpha value is -2.92. The lowest BCUT2D eigenvalue weighted by molar-refractivity contribution is -0.163. The Balaban J connectivity index is 4.29. The Bertz CT molecular complexity index is 1220. The monoisotopic (exact) mass is 919 g/mol. The molecule has 5 heteroatoms. The summed E-state index contributed by atoms with van der Waals surface area (Å²) in [7, 11) is 0. The number of carbonyl (C=O) groups excluding carboxylic acids is 2. The van der Waals surface area contributed by atoms with E-state index in [2.05, 4.69) is 106 Å². The van der Waals surface area contributed by atoms with E-state index in [4.69, 9.17) is 14.2 Å². The molecular weight excluding hydrogens is 813 g/mol. The third kappa shape index (κ3) is 53.7. The van der Waals surface area contributed by atoms with Crippen molar-refractivity contribution < 1.29 is 23.8 Å². The highest BCUT2D eigenvalue weighted by molar-refractivity contribution is 5.70. The van der Waals surface area contributed by atoms with E-state index in [1.165, 1.54) is 135 Å². The van der Waals surface area contributed by atoms with Crippen molar-refractivity contribution in [3.05, 3.63) is 85.1 Å². The molecule has 0 N–H and O–H groups in total. The normalized spacial score (nSPS) is 12.8. The van der Waals surface area contributed by atoms with E-state index in [0.29, 0.717) is 19.4 Å². The van der Waals surface area contributed by atoms with Crippen molar-refractivity contribution in [1.82, 2.24) is 0 Å². The number of esters is 2. The van der Waals surface area contributed by atoms with Gasteiger partial charge in [-0.15, -0.1) is 0 Å². The number of ether oxygens (including phenoxy) is 3. The predicted molar refractivity (Wildman–Crippen MR) is 288 cm³/mol. The van der Waals surface area contributed by atoms with Gasteiger partial charge in [0, 0.05) is 19.4 Å². The van der Waals surface area contributed by atoms with Gasteiger partial charge in [0.1, 0.15) is 6.61 Å². The van der Waals surface area contributed by atoms with Gasteiger partial charge in [-0.3, -0.25) is 9.59 Å². The fraction of sp³-hybridized carbons (Fsp3) is 0.738. The minimum Gasteiger partial charge on any atom is -0.462 e. The summed E-state index contributed by atoms with van der Waals surface area (Å²) < 4.78 is 17.4. The van der Waals surface area contributed by atoms with Crippen molar-refractivity contribution in [3.8, 4) is 0 Å². The molecule has 0 aromatic rings. The van der Waals surface area contributed by atoms with Crippen molar-refractivity contribution in [2.45, 2.75) is 271 Å². The number of hydrogen-bond donors (Lipinski definition) is 0. The number of carbonyl (C=O) groups is 2. The average molecular weight is 920 g/mol. The molecule has 5 nitrogen and oxygen atoms in total. The van der Waals surface area contributed by atoms with E-state index in [9.17, 15) is 9.59 Å². The van der Waals surface area contributed by atoms with Gasteiger partial charge in [-0.05, 0) is 109 Å². The SMILES string of the molecule is CC/C=C\C/C=C\C/C=C\C/C=C\CCCCCCCCCOCC(COC(=O)CCCCCCCCC/C=C\CCCCCCCC)OC(=O)CCCCCCC/C=C\C/C=C\CCC. The van der Waals surface area contributed by atoms with Crippen LogP contribution in [0.4, 0.5) is 0 Å². The topological polar surface area (TPSA) is 61.8 Å². The lowest BCUT2D eigenvalue weighted by Crippen LogP contribution is -2.30. The van der Waals surface area contributed by atoms with Crippen molar-refractivity contribution in [2.75, 3.05) is 19.8 Å². The summed E-state index contributed by atoms with van der Waals surface area (Å²) in [6.45, 7) is 7.62. The largest absolute Gasteiger partial charge is 0.462 e. The van der Waals surface area contributed by atoms with Crippen LogP contribution in [0.2, 0.25) is 0 Å². The standard InChI is InChI=1S/C61H106O5/c1-4-7-10-13-16-19-22-25-27-29-30-31-33-35-38-41-44-47-50-53-56-64-57-59(66-61(63)55-52-49-46-43-40-36-24-21-18-15-12-9-6-3)58-65-60(62)54-51-48-45-42-39-37-34-32-28-26-23-20-17-14-11-8-5-2/h7,10,12,15-16,19,21,24-28,30-31,59H,4-6,8-9,11,13-14,17-18,20,22-23,29,32-58H2,1-3H3/b10-7-,15-12-,19-16-,24-21-,27-25-,28-26-,31-30-. The smallest absolute Gasteiger partial charge is 0.306 e. The molecule has 0 rings (SSSR count). The van der Waals surface area contributed by atoms with Crippen LogP contribution in [0.1, 0.15) is 265 Å². The van der Waals surface area contributed by atoms with E-state index in [1.54, 1.807) is 0 Å². The summed E-state index contributed by atoms with van der Waals surface area (Å²) in [5.41, 5.74) is 0. The van der Waals surface area contributed by atoms with Crippen LogP contribution >= 0.6 is 0 Å². The highest BCUT2D eigenvalue weighted by Gasteiger charge is 2.17. The first-order valence-electron chi connectivity index (χ1n) is 28.1. The predicted octanol–water partition coefficient (Wildman–Crippen LogP) is 19.2. The third-order valence-corrected chi connectivity index (χ3v) is 11.9. The first-order chi connectivity index (χ1) is 32.6. The minimum absolute atomic E-state index is 0.0702. The summed E-state index contributed by atoms with van der Waals surface area (Å²) >= 11 is 0. The van der Waals surface area contributed by atoms with E-state index >= 15 is 0 Å². The van der Waals surface area contributed by atoms with Gasteiger partial charge in [-0.1, -0.05) is 228 Å². The molecule has 0 amide bonds. The maximum Gasteiger partial charge on any atom is 0.306 e.